The monoisotopic (exact) mass is 239 g/mol. The second-order valence-electron chi connectivity index (χ2n) is 4.45. The number of hydrogen-bond donors (Lipinski definition) is 0. The van der Waals surface area contributed by atoms with Crippen molar-refractivity contribution in [1.29, 1.82) is 0 Å². The standard InChI is InChI=1S/C16H17NO/c1-4-5-8-14-13-9-6-7-10-15(13)17-11(2)16(14)12(3)18/h4,6-7,9-10H,1,5,8H2,2-3H3. The summed E-state index contributed by atoms with van der Waals surface area (Å²) in [5.74, 6) is 0.0878. The van der Waals surface area contributed by atoms with Crippen molar-refractivity contribution in [2.75, 3.05) is 0 Å². The molecule has 0 spiro atoms. The Morgan fingerprint density at radius 2 is 2.11 bits per heavy atom. The van der Waals surface area contributed by atoms with Gasteiger partial charge in [-0.3, -0.25) is 9.78 Å². The van der Waals surface area contributed by atoms with Gasteiger partial charge in [0.05, 0.1) is 5.52 Å². The van der Waals surface area contributed by atoms with Crippen molar-refractivity contribution in [1.82, 2.24) is 4.98 Å². The first-order chi connectivity index (χ1) is 8.65. The molecule has 0 bridgehead atoms. The van der Waals surface area contributed by atoms with Gasteiger partial charge in [0.2, 0.25) is 0 Å². The molecule has 2 heteroatoms. The van der Waals surface area contributed by atoms with Gasteiger partial charge in [-0.15, -0.1) is 6.58 Å². The van der Waals surface area contributed by atoms with E-state index in [1.54, 1.807) is 6.92 Å². The molecule has 0 saturated carbocycles. The minimum absolute atomic E-state index is 0.0878. The lowest BCUT2D eigenvalue weighted by atomic mass is 9.95. The SMILES string of the molecule is C=CCCc1c(C(C)=O)c(C)nc2ccccc12. The summed E-state index contributed by atoms with van der Waals surface area (Å²) < 4.78 is 0. The van der Waals surface area contributed by atoms with Gasteiger partial charge in [0, 0.05) is 16.6 Å². The smallest absolute Gasteiger partial charge is 0.161 e. The van der Waals surface area contributed by atoms with Crippen LogP contribution in [-0.4, -0.2) is 10.8 Å². The normalized spacial score (nSPS) is 10.6. The number of aromatic nitrogens is 1. The zero-order chi connectivity index (χ0) is 13.1. The van der Waals surface area contributed by atoms with Crippen molar-refractivity contribution in [3.63, 3.8) is 0 Å². The first kappa shape index (κ1) is 12.5. The van der Waals surface area contributed by atoms with Crippen molar-refractivity contribution < 1.29 is 4.79 Å². The summed E-state index contributed by atoms with van der Waals surface area (Å²) in [6, 6.07) is 7.98. The molecule has 1 heterocycles. The van der Waals surface area contributed by atoms with Crippen LogP contribution in [0.1, 0.15) is 35.0 Å². The summed E-state index contributed by atoms with van der Waals surface area (Å²) in [5.41, 5.74) is 3.65. The molecular formula is C16H17NO. The number of pyridine rings is 1. The van der Waals surface area contributed by atoms with Gasteiger partial charge in [-0.1, -0.05) is 24.3 Å². The number of ketones is 1. The van der Waals surface area contributed by atoms with Crippen LogP contribution in [0.25, 0.3) is 10.9 Å². The van der Waals surface area contributed by atoms with Gasteiger partial charge >= 0.3 is 0 Å². The minimum atomic E-state index is 0.0878. The van der Waals surface area contributed by atoms with Crippen molar-refractivity contribution in [2.45, 2.75) is 26.7 Å². The third-order valence-electron chi connectivity index (χ3n) is 3.13. The van der Waals surface area contributed by atoms with Crippen LogP contribution < -0.4 is 0 Å². The van der Waals surface area contributed by atoms with E-state index in [2.05, 4.69) is 11.6 Å². The van der Waals surface area contributed by atoms with Crippen LogP contribution in [-0.2, 0) is 6.42 Å². The number of Topliss-reactive ketones (excluding diaryl/α,β-unsaturated/α-hetero) is 1. The molecule has 2 rings (SSSR count). The average molecular weight is 239 g/mol. The molecule has 0 aliphatic carbocycles. The van der Waals surface area contributed by atoms with Crippen LogP contribution in [0.4, 0.5) is 0 Å². The van der Waals surface area contributed by atoms with Crippen LogP contribution >= 0.6 is 0 Å². The van der Waals surface area contributed by atoms with Crippen molar-refractivity contribution in [3.05, 3.63) is 53.7 Å². The third kappa shape index (κ3) is 2.19. The molecule has 1 aromatic heterocycles. The summed E-state index contributed by atoms with van der Waals surface area (Å²) in [7, 11) is 0. The van der Waals surface area contributed by atoms with Gasteiger partial charge < -0.3 is 0 Å². The van der Waals surface area contributed by atoms with Gasteiger partial charge in [0.25, 0.3) is 0 Å². The second kappa shape index (κ2) is 5.13. The van der Waals surface area contributed by atoms with E-state index in [1.807, 2.05) is 37.3 Å². The molecule has 0 radical (unpaired) electrons. The van der Waals surface area contributed by atoms with E-state index in [-0.39, 0.29) is 5.78 Å². The summed E-state index contributed by atoms with van der Waals surface area (Å²) in [6.07, 6.45) is 3.59. The lowest BCUT2D eigenvalue weighted by molar-refractivity contribution is 0.101. The Morgan fingerprint density at radius 3 is 2.78 bits per heavy atom. The maximum atomic E-state index is 11.8. The quantitative estimate of drug-likeness (QED) is 0.599. The molecule has 2 nitrogen and oxygen atoms in total. The van der Waals surface area contributed by atoms with Gasteiger partial charge in [0.15, 0.2) is 5.78 Å². The van der Waals surface area contributed by atoms with E-state index in [9.17, 15) is 4.79 Å². The van der Waals surface area contributed by atoms with E-state index in [0.29, 0.717) is 0 Å². The molecule has 0 aliphatic heterocycles. The highest BCUT2D eigenvalue weighted by Gasteiger charge is 2.15. The lowest BCUT2D eigenvalue weighted by Gasteiger charge is -2.12. The molecule has 1 aromatic carbocycles. The summed E-state index contributed by atoms with van der Waals surface area (Å²) >= 11 is 0. The molecule has 0 amide bonds. The van der Waals surface area contributed by atoms with Crippen molar-refractivity contribution in [2.24, 2.45) is 0 Å². The van der Waals surface area contributed by atoms with Crippen LogP contribution in [0.3, 0.4) is 0 Å². The Kier molecular flexibility index (Phi) is 3.56. The highest BCUT2D eigenvalue weighted by molar-refractivity contribution is 6.01. The number of nitrogens with zero attached hydrogens (tertiary/aromatic N) is 1. The third-order valence-corrected chi connectivity index (χ3v) is 3.13. The van der Waals surface area contributed by atoms with Gasteiger partial charge in [0.1, 0.15) is 0 Å². The molecule has 0 aliphatic rings. The van der Waals surface area contributed by atoms with E-state index < -0.39 is 0 Å². The number of allylic oxidation sites excluding steroid dienone is 1. The number of aryl methyl sites for hydroxylation is 2. The van der Waals surface area contributed by atoms with Gasteiger partial charge in [-0.05, 0) is 38.3 Å². The zero-order valence-electron chi connectivity index (χ0n) is 10.9. The minimum Gasteiger partial charge on any atom is -0.294 e. The highest BCUT2D eigenvalue weighted by atomic mass is 16.1. The molecule has 2 aromatic rings. The second-order valence-corrected chi connectivity index (χ2v) is 4.45. The van der Waals surface area contributed by atoms with Crippen LogP contribution in [0.15, 0.2) is 36.9 Å². The van der Waals surface area contributed by atoms with Crippen molar-refractivity contribution >= 4 is 16.7 Å². The van der Waals surface area contributed by atoms with Crippen molar-refractivity contribution in [3.8, 4) is 0 Å². The number of para-hydroxylation sites is 1. The predicted molar refractivity (Wildman–Crippen MR) is 75.0 cm³/mol. The molecule has 0 unspecified atom stereocenters. The Balaban J connectivity index is 2.75. The Hall–Kier alpha value is -1.96. The van der Waals surface area contributed by atoms with Gasteiger partial charge in [-0.25, -0.2) is 0 Å². The van der Waals surface area contributed by atoms with Crippen LogP contribution in [0.5, 0.6) is 0 Å². The zero-order valence-corrected chi connectivity index (χ0v) is 10.9. The van der Waals surface area contributed by atoms with Crippen LogP contribution in [0.2, 0.25) is 0 Å². The molecule has 0 saturated heterocycles. The first-order valence-electron chi connectivity index (χ1n) is 6.15. The van der Waals surface area contributed by atoms with E-state index in [4.69, 9.17) is 0 Å². The Bertz CT molecular complexity index is 614. The first-order valence-corrected chi connectivity index (χ1v) is 6.15. The molecule has 18 heavy (non-hydrogen) atoms. The fourth-order valence-electron chi connectivity index (χ4n) is 2.39. The number of carbonyl (C=O) groups is 1. The van der Waals surface area contributed by atoms with Crippen LogP contribution in [0, 0.1) is 6.92 Å². The van der Waals surface area contributed by atoms with E-state index >= 15 is 0 Å². The van der Waals surface area contributed by atoms with E-state index in [1.165, 1.54) is 0 Å². The van der Waals surface area contributed by atoms with E-state index in [0.717, 1.165) is 40.6 Å². The number of fused-ring (bicyclic) bond motifs is 1. The molecular weight excluding hydrogens is 222 g/mol. The summed E-state index contributed by atoms with van der Waals surface area (Å²) in [5, 5.41) is 1.08. The lowest BCUT2D eigenvalue weighted by Crippen LogP contribution is -2.06. The molecule has 0 fully saturated rings. The largest absolute Gasteiger partial charge is 0.294 e. The fraction of sp³-hybridized carbons (Fsp3) is 0.250. The summed E-state index contributed by atoms with van der Waals surface area (Å²) in [6.45, 7) is 7.26. The number of benzene rings is 1. The fourth-order valence-corrected chi connectivity index (χ4v) is 2.39. The maximum absolute atomic E-state index is 11.8. The number of rotatable bonds is 4. The number of carbonyl (C=O) groups excluding carboxylic acids is 1. The Labute approximate surface area is 107 Å². The average Bonchev–Trinajstić information content (AvgIpc) is 2.34. The summed E-state index contributed by atoms with van der Waals surface area (Å²) in [4.78, 5) is 16.3. The molecule has 0 N–H and O–H groups in total. The molecule has 0 atom stereocenters. The number of hydrogen-bond acceptors (Lipinski definition) is 2. The topological polar surface area (TPSA) is 30.0 Å². The predicted octanol–water partition coefficient (Wildman–Crippen LogP) is 3.86. The van der Waals surface area contributed by atoms with Gasteiger partial charge in [-0.2, -0.15) is 0 Å². The molecule has 92 valence electrons. The Morgan fingerprint density at radius 1 is 1.39 bits per heavy atom. The highest BCUT2D eigenvalue weighted by Crippen LogP contribution is 2.25. The maximum Gasteiger partial charge on any atom is 0.161 e.